The lowest BCUT2D eigenvalue weighted by molar-refractivity contribution is 0.370. The Balaban J connectivity index is 3.36. The van der Waals surface area contributed by atoms with E-state index in [2.05, 4.69) is 0 Å². The summed E-state index contributed by atoms with van der Waals surface area (Å²) in [7, 11) is -0.401. The topological polar surface area (TPSA) is 77.8 Å². The molecule has 0 atom stereocenters. The fourth-order valence-electron chi connectivity index (χ4n) is 0.632. The summed E-state index contributed by atoms with van der Waals surface area (Å²) in [4.78, 5) is 0. The highest BCUT2D eigenvalue weighted by atomic mass is 31.1. The molecule has 0 unspecified atom stereocenters. The van der Waals surface area contributed by atoms with Gasteiger partial charge in [0, 0.05) is 0 Å². The molecule has 0 spiro atoms. The first-order chi connectivity index (χ1) is 5.16. The minimum Gasteiger partial charge on any atom is -0.504 e. The summed E-state index contributed by atoms with van der Waals surface area (Å²) in [5.41, 5.74) is 0. The molecular weight excluding hydrogens is 167 g/mol. The van der Waals surface area contributed by atoms with Gasteiger partial charge in [0.15, 0.2) is 20.0 Å². The third-order valence-corrected chi connectivity index (χ3v) is 1.76. The molecule has 0 saturated heterocycles. The van der Waals surface area contributed by atoms with E-state index in [1.165, 1.54) is 6.07 Å². The van der Waals surface area contributed by atoms with Gasteiger partial charge in [-0.3, -0.25) is 4.57 Å². The number of phenolic OH excluding ortho intramolecular Hbond substituents is 3. The molecule has 0 bridgehead atoms. The molecule has 0 aromatic heterocycles. The van der Waals surface area contributed by atoms with Crippen LogP contribution in [0.1, 0.15) is 0 Å². The van der Waals surface area contributed by atoms with Crippen LogP contribution in [0, 0.1) is 0 Å². The number of phenols is 3. The average molecular weight is 172 g/mol. The van der Waals surface area contributed by atoms with Crippen LogP contribution in [0.2, 0.25) is 0 Å². The molecule has 5 heteroatoms. The Kier molecular flexibility index (Phi) is 1.96. The summed E-state index contributed by atoms with van der Waals surface area (Å²) in [6, 6.07) is 2.40. The normalized spacial score (nSPS) is 10.2. The molecular formula is C6H5O4P. The largest absolute Gasteiger partial charge is 0.504 e. The van der Waals surface area contributed by atoms with Gasteiger partial charge in [0.2, 0.25) is 5.75 Å². The zero-order valence-corrected chi connectivity index (χ0v) is 6.25. The minimum atomic E-state index is -0.647. The predicted molar refractivity (Wildman–Crippen MR) is 38.7 cm³/mol. The van der Waals surface area contributed by atoms with E-state index in [4.69, 9.17) is 15.3 Å². The lowest BCUT2D eigenvalue weighted by atomic mass is 10.3. The Morgan fingerprint density at radius 2 is 1.73 bits per heavy atom. The van der Waals surface area contributed by atoms with Crippen LogP contribution in [0.15, 0.2) is 12.1 Å². The zero-order chi connectivity index (χ0) is 8.43. The first-order valence-corrected chi connectivity index (χ1v) is 3.55. The number of hydrogen-bond acceptors (Lipinski definition) is 4. The number of benzene rings is 1. The molecule has 0 amide bonds. The Hall–Kier alpha value is -1.28. The van der Waals surface area contributed by atoms with Crippen LogP contribution in [0.4, 0.5) is 0 Å². The van der Waals surface area contributed by atoms with Gasteiger partial charge in [0.05, 0.1) is 5.30 Å². The van der Waals surface area contributed by atoms with Crippen LogP contribution in [0.5, 0.6) is 17.2 Å². The quantitative estimate of drug-likeness (QED) is 0.430. The Morgan fingerprint density at radius 3 is 2.27 bits per heavy atom. The summed E-state index contributed by atoms with van der Waals surface area (Å²) in [6.45, 7) is 0. The molecule has 58 valence electrons. The molecule has 0 saturated carbocycles. The van der Waals surface area contributed by atoms with Crippen molar-refractivity contribution in [3.8, 4) is 17.2 Å². The molecule has 3 N–H and O–H groups in total. The molecule has 0 fully saturated rings. The van der Waals surface area contributed by atoms with Crippen LogP contribution >= 0.6 is 8.46 Å². The monoisotopic (exact) mass is 172 g/mol. The molecule has 0 heterocycles. The van der Waals surface area contributed by atoms with E-state index in [9.17, 15) is 4.57 Å². The maximum atomic E-state index is 10.2. The Labute approximate surface area is 63.9 Å². The van der Waals surface area contributed by atoms with E-state index < -0.39 is 25.7 Å². The van der Waals surface area contributed by atoms with Crippen molar-refractivity contribution >= 4 is 13.8 Å². The predicted octanol–water partition coefficient (Wildman–Crippen LogP) is 0.720. The standard InChI is InChI=1S/C6H5O4P/c7-3-1-2-4(11-10)6(9)5(3)8/h1-2,7-9H. The zero-order valence-electron chi connectivity index (χ0n) is 5.35. The van der Waals surface area contributed by atoms with Crippen molar-refractivity contribution in [2.24, 2.45) is 0 Å². The first kappa shape index (κ1) is 7.82. The van der Waals surface area contributed by atoms with Crippen LogP contribution in [0.25, 0.3) is 0 Å². The molecule has 1 aromatic carbocycles. The molecule has 0 aliphatic carbocycles. The summed E-state index contributed by atoms with van der Waals surface area (Å²) in [5, 5.41) is 26.7. The summed E-state index contributed by atoms with van der Waals surface area (Å²) >= 11 is 0. The van der Waals surface area contributed by atoms with Crippen molar-refractivity contribution in [3.05, 3.63) is 12.1 Å². The van der Waals surface area contributed by atoms with E-state index in [0.29, 0.717) is 0 Å². The lowest BCUT2D eigenvalue weighted by Crippen LogP contribution is -1.91. The van der Waals surface area contributed by atoms with E-state index in [-0.39, 0.29) is 5.30 Å². The summed E-state index contributed by atoms with van der Waals surface area (Å²) in [5.74, 6) is -1.64. The fourth-order valence-corrected chi connectivity index (χ4v) is 0.960. The maximum Gasteiger partial charge on any atom is 0.201 e. The van der Waals surface area contributed by atoms with E-state index >= 15 is 0 Å². The second kappa shape index (κ2) is 2.76. The number of aromatic hydroxyl groups is 3. The number of rotatable bonds is 1. The van der Waals surface area contributed by atoms with Gasteiger partial charge in [-0.25, -0.2) is 0 Å². The third kappa shape index (κ3) is 1.25. The first-order valence-electron chi connectivity index (χ1n) is 2.74. The SMILES string of the molecule is O=Pc1ccc(O)c(O)c1O. The van der Waals surface area contributed by atoms with Gasteiger partial charge in [-0.15, -0.1) is 0 Å². The Morgan fingerprint density at radius 1 is 1.09 bits per heavy atom. The second-order valence-corrected chi connectivity index (χ2v) is 2.56. The number of hydrogen-bond donors (Lipinski definition) is 3. The van der Waals surface area contributed by atoms with Crippen molar-refractivity contribution in [2.45, 2.75) is 0 Å². The molecule has 0 aliphatic rings. The molecule has 1 aromatic rings. The van der Waals surface area contributed by atoms with E-state index in [1.807, 2.05) is 0 Å². The van der Waals surface area contributed by atoms with Gasteiger partial charge in [-0.1, -0.05) is 0 Å². The van der Waals surface area contributed by atoms with Gasteiger partial charge in [-0.05, 0) is 12.1 Å². The molecule has 4 nitrogen and oxygen atoms in total. The minimum absolute atomic E-state index is 0.0419. The highest BCUT2D eigenvalue weighted by Crippen LogP contribution is 2.33. The fraction of sp³-hybridized carbons (Fsp3) is 0. The third-order valence-electron chi connectivity index (χ3n) is 1.21. The van der Waals surface area contributed by atoms with Crippen molar-refractivity contribution in [1.82, 2.24) is 0 Å². The Bertz CT molecular complexity index is 297. The summed E-state index contributed by atoms with van der Waals surface area (Å²) < 4.78 is 10.2. The maximum absolute atomic E-state index is 10.2. The van der Waals surface area contributed by atoms with Gasteiger partial charge >= 0.3 is 0 Å². The van der Waals surface area contributed by atoms with Crippen LogP contribution in [-0.4, -0.2) is 15.3 Å². The van der Waals surface area contributed by atoms with Crippen LogP contribution < -0.4 is 5.30 Å². The van der Waals surface area contributed by atoms with Crippen LogP contribution in [0.3, 0.4) is 0 Å². The van der Waals surface area contributed by atoms with Crippen molar-refractivity contribution in [2.75, 3.05) is 0 Å². The molecule has 1 rings (SSSR count). The molecule has 0 radical (unpaired) electrons. The van der Waals surface area contributed by atoms with Gasteiger partial charge in [-0.2, -0.15) is 0 Å². The lowest BCUT2D eigenvalue weighted by Gasteiger charge is -2.00. The van der Waals surface area contributed by atoms with Crippen molar-refractivity contribution in [3.63, 3.8) is 0 Å². The summed E-state index contributed by atoms with van der Waals surface area (Å²) in [6.07, 6.45) is 0. The van der Waals surface area contributed by atoms with Gasteiger partial charge in [0.25, 0.3) is 0 Å². The molecule has 11 heavy (non-hydrogen) atoms. The average Bonchev–Trinajstić information content (AvgIpc) is 2.01. The second-order valence-electron chi connectivity index (χ2n) is 1.89. The van der Waals surface area contributed by atoms with Gasteiger partial charge < -0.3 is 15.3 Å². The van der Waals surface area contributed by atoms with Crippen molar-refractivity contribution < 1.29 is 19.9 Å². The van der Waals surface area contributed by atoms with E-state index in [1.54, 1.807) is 0 Å². The molecule has 0 aliphatic heterocycles. The van der Waals surface area contributed by atoms with E-state index in [0.717, 1.165) is 6.07 Å². The highest BCUT2D eigenvalue weighted by molar-refractivity contribution is 7.34. The highest BCUT2D eigenvalue weighted by Gasteiger charge is 2.09. The van der Waals surface area contributed by atoms with Crippen molar-refractivity contribution in [1.29, 1.82) is 0 Å². The van der Waals surface area contributed by atoms with Gasteiger partial charge in [0.1, 0.15) is 0 Å². The van der Waals surface area contributed by atoms with Crippen LogP contribution in [-0.2, 0) is 4.57 Å². The smallest absolute Gasteiger partial charge is 0.201 e.